The Labute approximate surface area is 118 Å². The van der Waals surface area contributed by atoms with Crippen molar-refractivity contribution in [1.82, 2.24) is 9.55 Å². The SMILES string of the molecule is Cn1c(-c2ccc(Cl)cc2Cl)nc(CN)c1Br. The van der Waals surface area contributed by atoms with E-state index in [0.29, 0.717) is 16.6 Å². The van der Waals surface area contributed by atoms with E-state index in [9.17, 15) is 0 Å². The monoisotopic (exact) mass is 333 g/mol. The van der Waals surface area contributed by atoms with Crippen molar-refractivity contribution in [3.05, 3.63) is 38.5 Å². The average molecular weight is 335 g/mol. The molecular weight excluding hydrogens is 325 g/mol. The van der Waals surface area contributed by atoms with Gasteiger partial charge in [-0.1, -0.05) is 23.2 Å². The second kappa shape index (κ2) is 4.98. The Morgan fingerprint density at radius 2 is 2.12 bits per heavy atom. The number of benzene rings is 1. The first-order valence-corrected chi connectivity index (χ1v) is 6.46. The molecule has 2 N–H and O–H groups in total. The van der Waals surface area contributed by atoms with Gasteiger partial charge in [-0.05, 0) is 34.1 Å². The van der Waals surface area contributed by atoms with Gasteiger partial charge >= 0.3 is 0 Å². The van der Waals surface area contributed by atoms with Crippen molar-refractivity contribution in [3.63, 3.8) is 0 Å². The van der Waals surface area contributed by atoms with Crippen LogP contribution in [0.1, 0.15) is 5.69 Å². The molecule has 0 aliphatic carbocycles. The molecule has 0 aliphatic heterocycles. The molecule has 17 heavy (non-hydrogen) atoms. The lowest BCUT2D eigenvalue weighted by Crippen LogP contribution is -1.97. The molecule has 3 nitrogen and oxygen atoms in total. The summed E-state index contributed by atoms with van der Waals surface area (Å²) in [6.07, 6.45) is 0. The first kappa shape index (κ1) is 12.9. The van der Waals surface area contributed by atoms with Crippen LogP contribution in [0.5, 0.6) is 0 Å². The minimum Gasteiger partial charge on any atom is -0.325 e. The Morgan fingerprint density at radius 3 is 2.65 bits per heavy atom. The quantitative estimate of drug-likeness (QED) is 0.911. The van der Waals surface area contributed by atoms with Gasteiger partial charge in [-0.2, -0.15) is 0 Å². The highest BCUT2D eigenvalue weighted by Crippen LogP contribution is 2.31. The van der Waals surface area contributed by atoms with Crippen LogP contribution in [-0.2, 0) is 13.6 Å². The third kappa shape index (κ3) is 2.36. The average Bonchev–Trinajstić information content (AvgIpc) is 2.57. The molecule has 2 rings (SSSR count). The van der Waals surface area contributed by atoms with Gasteiger partial charge in [0.05, 0.1) is 10.7 Å². The Balaban J connectivity index is 2.60. The Morgan fingerprint density at radius 1 is 1.41 bits per heavy atom. The van der Waals surface area contributed by atoms with Crippen LogP contribution in [0.2, 0.25) is 10.0 Å². The van der Waals surface area contributed by atoms with E-state index in [4.69, 9.17) is 28.9 Å². The summed E-state index contributed by atoms with van der Waals surface area (Å²) in [6.45, 7) is 0.375. The van der Waals surface area contributed by atoms with E-state index in [0.717, 1.165) is 21.7 Å². The molecule has 90 valence electrons. The predicted octanol–water partition coefficient (Wildman–Crippen LogP) is 3.62. The molecule has 6 heteroatoms. The molecule has 0 unspecified atom stereocenters. The van der Waals surface area contributed by atoms with Gasteiger partial charge in [0.1, 0.15) is 10.4 Å². The summed E-state index contributed by atoms with van der Waals surface area (Å²) in [5.41, 5.74) is 7.25. The van der Waals surface area contributed by atoms with Gasteiger partial charge in [0.2, 0.25) is 0 Å². The second-order valence-electron chi connectivity index (χ2n) is 3.56. The van der Waals surface area contributed by atoms with Crippen molar-refractivity contribution >= 4 is 39.1 Å². The van der Waals surface area contributed by atoms with E-state index in [1.807, 2.05) is 17.7 Å². The zero-order chi connectivity index (χ0) is 12.6. The molecular formula is C11H10BrCl2N3. The molecule has 0 amide bonds. The first-order valence-electron chi connectivity index (χ1n) is 4.91. The van der Waals surface area contributed by atoms with Crippen molar-refractivity contribution in [2.45, 2.75) is 6.54 Å². The summed E-state index contributed by atoms with van der Waals surface area (Å²) in [5.74, 6) is 0.763. The number of aromatic nitrogens is 2. The summed E-state index contributed by atoms with van der Waals surface area (Å²) in [5, 5.41) is 1.17. The van der Waals surface area contributed by atoms with E-state index in [2.05, 4.69) is 20.9 Å². The molecule has 0 aliphatic rings. The third-order valence-electron chi connectivity index (χ3n) is 2.46. The molecule has 0 fully saturated rings. The third-order valence-corrected chi connectivity index (χ3v) is 3.99. The summed E-state index contributed by atoms with van der Waals surface area (Å²) >= 11 is 15.5. The van der Waals surface area contributed by atoms with E-state index in [-0.39, 0.29) is 0 Å². The number of rotatable bonds is 2. The lowest BCUT2D eigenvalue weighted by Gasteiger charge is -2.05. The van der Waals surface area contributed by atoms with Gasteiger partial charge in [-0.3, -0.25) is 0 Å². The minimum atomic E-state index is 0.375. The molecule has 0 radical (unpaired) electrons. The second-order valence-corrected chi connectivity index (χ2v) is 5.15. The molecule has 0 saturated carbocycles. The first-order chi connectivity index (χ1) is 8.04. The number of hydrogen-bond donors (Lipinski definition) is 1. The van der Waals surface area contributed by atoms with Crippen LogP contribution in [0.4, 0.5) is 0 Å². The smallest absolute Gasteiger partial charge is 0.142 e. The van der Waals surface area contributed by atoms with Crippen molar-refractivity contribution in [2.24, 2.45) is 12.8 Å². The summed E-state index contributed by atoms with van der Waals surface area (Å²) in [7, 11) is 1.90. The predicted molar refractivity (Wildman–Crippen MR) is 74.3 cm³/mol. The van der Waals surface area contributed by atoms with Gasteiger partial charge in [0.15, 0.2) is 0 Å². The Hall–Kier alpha value is -0.550. The zero-order valence-electron chi connectivity index (χ0n) is 9.04. The summed E-state index contributed by atoms with van der Waals surface area (Å²) in [4.78, 5) is 4.45. The molecule has 2 aromatic rings. The minimum absolute atomic E-state index is 0.375. The molecule has 0 spiro atoms. The maximum absolute atomic E-state index is 6.16. The topological polar surface area (TPSA) is 43.8 Å². The Bertz CT molecular complexity index is 566. The van der Waals surface area contributed by atoms with E-state index in [1.54, 1.807) is 12.1 Å². The zero-order valence-corrected chi connectivity index (χ0v) is 12.1. The van der Waals surface area contributed by atoms with E-state index >= 15 is 0 Å². The highest BCUT2D eigenvalue weighted by atomic mass is 79.9. The van der Waals surface area contributed by atoms with Crippen LogP contribution in [0.25, 0.3) is 11.4 Å². The number of halogens is 3. The molecule has 0 bridgehead atoms. The van der Waals surface area contributed by atoms with Crippen molar-refractivity contribution in [2.75, 3.05) is 0 Å². The fourth-order valence-corrected chi connectivity index (χ4v) is 2.49. The summed E-state index contributed by atoms with van der Waals surface area (Å²) in [6, 6.07) is 5.33. The van der Waals surface area contributed by atoms with Crippen molar-refractivity contribution in [1.29, 1.82) is 0 Å². The van der Waals surface area contributed by atoms with Crippen molar-refractivity contribution < 1.29 is 0 Å². The van der Waals surface area contributed by atoms with Gasteiger partial charge in [-0.15, -0.1) is 0 Å². The lowest BCUT2D eigenvalue weighted by molar-refractivity contribution is 0.893. The Kier molecular flexibility index (Phi) is 3.78. The number of hydrogen-bond acceptors (Lipinski definition) is 2. The summed E-state index contributed by atoms with van der Waals surface area (Å²) < 4.78 is 2.76. The van der Waals surface area contributed by atoms with Gasteiger partial charge in [0, 0.05) is 24.2 Å². The lowest BCUT2D eigenvalue weighted by atomic mass is 10.2. The fourth-order valence-electron chi connectivity index (χ4n) is 1.58. The number of nitrogens with zero attached hydrogens (tertiary/aromatic N) is 2. The van der Waals surface area contributed by atoms with Crippen molar-refractivity contribution in [3.8, 4) is 11.4 Å². The number of nitrogens with two attached hydrogens (primary N) is 1. The fraction of sp³-hybridized carbons (Fsp3) is 0.182. The van der Waals surface area contributed by atoms with E-state index in [1.165, 1.54) is 0 Å². The van der Waals surface area contributed by atoms with Crippen LogP contribution in [0.15, 0.2) is 22.8 Å². The maximum atomic E-state index is 6.16. The number of imidazole rings is 1. The van der Waals surface area contributed by atoms with Gasteiger partial charge < -0.3 is 10.3 Å². The molecule has 1 aromatic carbocycles. The molecule has 1 aromatic heterocycles. The largest absolute Gasteiger partial charge is 0.325 e. The maximum Gasteiger partial charge on any atom is 0.142 e. The van der Waals surface area contributed by atoms with E-state index < -0.39 is 0 Å². The molecule has 0 saturated heterocycles. The molecule has 0 atom stereocenters. The van der Waals surface area contributed by atoms with Crippen LogP contribution >= 0.6 is 39.1 Å². The normalized spacial score (nSPS) is 10.9. The van der Waals surface area contributed by atoms with Gasteiger partial charge in [-0.25, -0.2) is 4.98 Å². The van der Waals surface area contributed by atoms with Crippen LogP contribution in [-0.4, -0.2) is 9.55 Å². The standard InChI is InChI=1S/C11H10BrCl2N3/c1-17-10(12)9(5-15)16-11(17)7-3-2-6(13)4-8(7)14/h2-4H,5,15H2,1H3. The van der Waals surface area contributed by atoms with Crippen LogP contribution < -0.4 is 5.73 Å². The highest BCUT2D eigenvalue weighted by Gasteiger charge is 2.15. The van der Waals surface area contributed by atoms with Crippen LogP contribution in [0, 0.1) is 0 Å². The van der Waals surface area contributed by atoms with Crippen LogP contribution in [0.3, 0.4) is 0 Å². The molecule has 1 heterocycles. The highest BCUT2D eigenvalue weighted by molar-refractivity contribution is 9.10. The van der Waals surface area contributed by atoms with Gasteiger partial charge in [0.25, 0.3) is 0 Å².